The number of nitrogen functional groups attached to an aromatic ring is 1. The third kappa shape index (κ3) is 2.80. The average molecular weight is 254 g/mol. The molecular weight excluding hydrogens is 236 g/mol. The summed E-state index contributed by atoms with van der Waals surface area (Å²) in [5, 5.41) is 0. The predicted molar refractivity (Wildman–Crippen MR) is 65.2 cm³/mol. The second-order valence-electron chi connectivity index (χ2n) is 4.12. The molecule has 1 aromatic heterocycles. The van der Waals surface area contributed by atoms with E-state index in [1.54, 1.807) is 10.9 Å². The average Bonchev–Trinajstić information content (AvgIpc) is 2.78. The predicted octanol–water partition coefficient (Wildman–Crippen LogP) is -0.416. The molecular formula is C11H18N4O3. The minimum Gasteiger partial charge on any atom is -0.464 e. The van der Waals surface area contributed by atoms with Gasteiger partial charge < -0.3 is 19.8 Å². The Morgan fingerprint density at radius 2 is 2.22 bits per heavy atom. The summed E-state index contributed by atoms with van der Waals surface area (Å²) in [7, 11) is 1.31. The summed E-state index contributed by atoms with van der Waals surface area (Å²) >= 11 is 0. The van der Waals surface area contributed by atoms with Crippen LogP contribution in [0.3, 0.4) is 0 Å². The van der Waals surface area contributed by atoms with Gasteiger partial charge in [0.2, 0.25) is 0 Å². The molecule has 2 N–H and O–H groups in total. The van der Waals surface area contributed by atoms with Crippen LogP contribution in [0.1, 0.15) is 10.5 Å². The monoisotopic (exact) mass is 254 g/mol. The maximum absolute atomic E-state index is 11.3. The Kier molecular flexibility index (Phi) is 4.16. The molecule has 18 heavy (non-hydrogen) atoms. The number of hydrogen-bond donors (Lipinski definition) is 1. The maximum Gasteiger partial charge on any atom is 0.360 e. The number of rotatable bonds is 4. The lowest BCUT2D eigenvalue weighted by molar-refractivity contribution is 0.0364. The molecule has 1 aromatic rings. The number of nitrogens with two attached hydrogens (primary N) is 1. The van der Waals surface area contributed by atoms with Gasteiger partial charge in [-0.2, -0.15) is 0 Å². The molecule has 1 aliphatic heterocycles. The smallest absolute Gasteiger partial charge is 0.360 e. The lowest BCUT2D eigenvalue weighted by Crippen LogP contribution is -2.38. The van der Waals surface area contributed by atoms with Gasteiger partial charge in [0, 0.05) is 26.2 Å². The molecule has 0 bridgehead atoms. The van der Waals surface area contributed by atoms with E-state index in [1.807, 2.05) is 0 Å². The summed E-state index contributed by atoms with van der Waals surface area (Å²) in [5.74, 6) is -0.146. The first-order valence-electron chi connectivity index (χ1n) is 5.91. The summed E-state index contributed by atoms with van der Waals surface area (Å²) in [5.41, 5.74) is 6.03. The highest BCUT2D eigenvalue weighted by molar-refractivity contribution is 5.91. The van der Waals surface area contributed by atoms with E-state index in [2.05, 4.69) is 14.6 Å². The summed E-state index contributed by atoms with van der Waals surface area (Å²) in [6.07, 6.45) is 1.57. The number of morpholine rings is 1. The second kappa shape index (κ2) is 5.83. The van der Waals surface area contributed by atoms with Gasteiger partial charge in [-0.15, -0.1) is 0 Å². The quantitative estimate of drug-likeness (QED) is 0.735. The van der Waals surface area contributed by atoms with Crippen molar-refractivity contribution in [2.75, 3.05) is 45.7 Å². The standard InChI is InChI=1S/C11H18N4O3/c1-17-11(16)9-10(12)15(8-13-9)3-2-14-4-6-18-7-5-14/h8H,2-7,12H2,1H3. The number of carbonyl (C=O) groups is 1. The summed E-state index contributed by atoms with van der Waals surface area (Å²) < 4.78 is 11.6. The van der Waals surface area contributed by atoms with Gasteiger partial charge in [-0.1, -0.05) is 0 Å². The van der Waals surface area contributed by atoms with Crippen molar-refractivity contribution in [3.05, 3.63) is 12.0 Å². The van der Waals surface area contributed by atoms with Crippen LogP contribution in [-0.2, 0) is 16.0 Å². The third-order valence-corrected chi connectivity index (χ3v) is 3.02. The Hall–Kier alpha value is -1.60. The van der Waals surface area contributed by atoms with Crippen molar-refractivity contribution < 1.29 is 14.3 Å². The van der Waals surface area contributed by atoms with Crippen LogP contribution < -0.4 is 5.73 Å². The Labute approximate surface area is 105 Å². The Bertz CT molecular complexity index is 412. The van der Waals surface area contributed by atoms with Gasteiger partial charge in [0.1, 0.15) is 5.82 Å². The van der Waals surface area contributed by atoms with E-state index in [0.29, 0.717) is 12.4 Å². The largest absolute Gasteiger partial charge is 0.464 e. The first kappa shape index (κ1) is 12.8. The molecule has 0 aliphatic carbocycles. The number of nitrogens with zero attached hydrogens (tertiary/aromatic N) is 3. The molecule has 0 saturated carbocycles. The molecule has 2 heterocycles. The fourth-order valence-electron chi connectivity index (χ4n) is 1.90. The minimum atomic E-state index is -0.502. The zero-order valence-corrected chi connectivity index (χ0v) is 10.5. The van der Waals surface area contributed by atoms with E-state index in [9.17, 15) is 4.79 Å². The van der Waals surface area contributed by atoms with Gasteiger partial charge in [0.05, 0.1) is 26.7 Å². The summed E-state index contributed by atoms with van der Waals surface area (Å²) in [6, 6.07) is 0. The first-order chi connectivity index (χ1) is 8.72. The molecule has 0 unspecified atom stereocenters. The van der Waals surface area contributed by atoms with Crippen molar-refractivity contribution in [1.82, 2.24) is 14.5 Å². The molecule has 1 aliphatic rings. The van der Waals surface area contributed by atoms with Crippen LogP contribution in [0.15, 0.2) is 6.33 Å². The SMILES string of the molecule is COC(=O)c1ncn(CCN2CCOCC2)c1N. The van der Waals surface area contributed by atoms with Crippen LogP contribution in [0, 0.1) is 0 Å². The van der Waals surface area contributed by atoms with E-state index >= 15 is 0 Å². The first-order valence-corrected chi connectivity index (χ1v) is 5.91. The number of methoxy groups -OCH3 is 1. The summed E-state index contributed by atoms with van der Waals surface area (Å²) in [6.45, 7) is 4.97. The number of ether oxygens (including phenoxy) is 2. The fourth-order valence-corrected chi connectivity index (χ4v) is 1.90. The molecule has 1 saturated heterocycles. The fraction of sp³-hybridized carbons (Fsp3) is 0.636. The maximum atomic E-state index is 11.3. The molecule has 2 rings (SSSR count). The van der Waals surface area contributed by atoms with Crippen molar-refractivity contribution in [2.45, 2.75) is 6.54 Å². The summed E-state index contributed by atoms with van der Waals surface area (Å²) in [4.78, 5) is 17.6. The highest BCUT2D eigenvalue weighted by Gasteiger charge is 2.17. The molecule has 7 nitrogen and oxygen atoms in total. The number of anilines is 1. The van der Waals surface area contributed by atoms with E-state index < -0.39 is 5.97 Å². The number of imidazole rings is 1. The molecule has 0 atom stereocenters. The number of hydrogen-bond acceptors (Lipinski definition) is 6. The zero-order valence-electron chi connectivity index (χ0n) is 10.5. The van der Waals surface area contributed by atoms with Crippen LogP contribution in [-0.4, -0.2) is 60.4 Å². The Morgan fingerprint density at radius 3 is 2.89 bits per heavy atom. The molecule has 0 radical (unpaired) electrons. The van der Waals surface area contributed by atoms with E-state index in [-0.39, 0.29) is 5.69 Å². The van der Waals surface area contributed by atoms with Crippen molar-refractivity contribution in [3.63, 3.8) is 0 Å². The normalized spacial score (nSPS) is 16.7. The van der Waals surface area contributed by atoms with Gasteiger partial charge in [0.25, 0.3) is 0 Å². The van der Waals surface area contributed by atoms with E-state index in [1.165, 1.54) is 7.11 Å². The van der Waals surface area contributed by atoms with Gasteiger partial charge in [-0.3, -0.25) is 4.90 Å². The van der Waals surface area contributed by atoms with E-state index in [4.69, 9.17) is 10.5 Å². The second-order valence-corrected chi connectivity index (χ2v) is 4.12. The van der Waals surface area contributed by atoms with Crippen LogP contribution in [0.5, 0.6) is 0 Å². The number of aromatic nitrogens is 2. The lowest BCUT2D eigenvalue weighted by atomic mass is 10.4. The van der Waals surface area contributed by atoms with Gasteiger partial charge in [-0.05, 0) is 0 Å². The van der Waals surface area contributed by atoms with Crippen LogP contribution in [0.4, 0.5) is 5.82 Å². The number of esters is 1. The van der Waals surface area contributed by atoms with Gasteiger partial charge in [0.15, 0.2) is 5.69 Å². The van der Waals surface area contributed by atoms with Gasteiger partial charge >= 0.3 is 5.97 Å². The van der Waals surface area contributed by atoms with Crippen LogP contribution in [0.25, 0.3) is 0 Å². The third-order valence-electron chi connectivity index (χ3n) is 3.02. The Balaban J connectivity index is 1.93. The van der Waals surface area contributed by atoms with Crippen molar-refractivity contribution in [2.24, 2.45) is 0 Å². The van der Waals surface area contributed by atoms with Crippen LogP contribution in [0.2, 0.25) is 0 Å². The van der Waals surface area contributed by atoms with E-state index in [0.717, 1.165) is 32.8 Å². The van der Waals surface area contributed by atoms with Crippen molar-refractivity contribution >= 4 is 11.8 Å². The minimum absolute atomic E-state index is 0.180. The molecule has 7 heteroatoms. The Morgan fingerprint density at radius 1 is 1.50 bits per heavy atom. The van der Waals surface area contributed by atoms with Crippen LogP contribution >= 0.6 is 0 Å². The molecule has 0 aromatic carbocycles. The highest BCUT2D eigenvalue weighted by atomic mass is 16.5. The number of carbonyl (C=O) groups excluding carboxylic acids is 1. The lowest BCUT2D eigenvalue weighted by Gasteiger charge is -2.26. The van der Waals surface area contributed by atoms with Gasteiger partial charge in [-0.25, -0.2) is 9.78 Å². The molecule has 0 spiro atoms. The highest BCUT2D eigenvalue weighted by Crippen LogP contribution is 2.11. The molecule has 1 fully saturated rings. The van der Waals surface area contributed by atoms with Crippen molar-refractivity contribution in [3.8, 4) is 0 Å². The topological polar surface area (TPSA) is 82.6 Å². The molecule has 100 valence electrons. The zero-order chi connectivity index (χ0) is 13.0. The molecule has 0 amide bonds. The van der Waals surface area contributed by atoms with Crippen molar-refractivity contribution in [1.29, 1.82) is 0 Å².